The zero-order valence-corrected chi connectivity index (χ0v) is 14.4. The summed E-state index contributed by atoms with van der Waals surface area (Å²) in [6.07, 6.45) is -3.21. The van der Waals surface area contributed by atoms with Gasteiger partial charge in [0.2, 0.25) is 0 Å². The number of aryl methyl sites for hydroxylation is 1. The highest BCUT2D eigenvalue weighted by Crippen LogP contribution is 2.27. The monoisotopic (exact) mass is 372 g/mol. The van der Waals surface area contributed by atoms with Crippen LogP contribution in [-0.4, -0.2) is 38.3 Å². The van der Waals surface area contributed by atoms with Gasteiger partial charge in [0.15, 0.2) is 11.4 Å². The molecule has 0 radical (unpaired) electrons. The molecule has 0 saturated carbocycles. The van der Waals surface area contributed by atoms with E-state index in [9.17, 15) is 22.8 Å². The number of aromatic amines is 1. The third-order valence-corrected chi connectivity index (χ3v) is 3.34. The Balaban J connectivity index is 2.20. The fourth-order valence-electron chi connectivity index (χ4n) is 1.99. The minimum absolute atomic E-state index is 0.0209. The number of anilines is 1. The van der Waals surface area contributed by atoms with Crippen LogP contribution in [0.25, 0.3) is 0 Å². The number of H-pyrrole nitrogens is 1. The standard InChI is InChI=1S/C15H19F3N6O2/c1-4-24-7-10(12(23-24)14(26)19-6-8(2)3)20-13(25)9-5-11(22-21-9)15(16,17)18/h5,7-8H,4,6H2,1-3H3,(H,19,26)(H,20,25)(H,21,22). The molecule has 2 heterocycles. The quantitative estimate of drug-likeness (QED) is 0.723. The maximum Gasteiger partial charge on any atom is 0.432 e. The molecule has 0 aliphatic heterocycles. The Hall–Kier alpha value is -2.85. The van der Waals surface area contributed by atoms with Gasteiger partial charge in [-0.05, 0) is 12.8 Å². The summed E-state index contributed by atoms with van der Waals surface area (Å²) in [6.45, 7) is 6.49. The first kappa shape index (κ1) is 19.5. The van der Waals surface area contributed by atoms with E-state index in [1.807, 2.05) is 13.8 Å². The molecule has 2 aromatic heterocycles. The van der Waals surface area contributed by atoms with Gasteiger partial charge in [-0.25, -0.2) is 0 Å². The van der Waals surface area contributed by atoms with E-state index in [-0.39, 0.29) is 17.3 Å². The second-order valence-corrected chi connectivity index (χ2v) is 5.97. The summed E-state index contributed by atoms with van der Waals surface area (Å²) in [5.74, 6) is -1.15. The Morgan fingerprint density at radius 3 is 2.54 bits per heavy atom. The van der Waals surface area contributed by atoms with Crippen molar-refractivity contribution in [2.45, 2.75) is 33.5 Å². The van der Waals surface area contributed by atoms with E-state index < -0.39 is 29.4 Å². The lowest BCUT2D eigenvalue weighted by atomic mass is 10.2. The van der Waals surface area contributed by atoms with E-state index >= 15 is 0 Å². The number of halogens is 3. The van der Waals surface area contributed by atoms with Crippen LogP contribution in [-0.2, 0) is 12.7 Å². The number of nitrogens with one attached hydrogen (secondary N) is 3. The number of carbonyl (C=O) groups is 2. The van der Waals surface area contributed by atoms with Crippen LogP contribution in [0.15, 0.2) is 12.3 Å². The van der Waals surface area contributed by atoms with Gasteiger partial charge in [0.1, 0.15) is 5.69 Å². The fourth-order valence-corrected chi connectivity index (χ4v) is 1.99. The number of aromatic nitrogens is 4. The second kappa shape index (κ2) is 7.58. The summed E-state index contributed by atoms with van der Waals surface area (Å²) in [7, 11) is 0. The molecule has 26 heavy (non-hydrogen) atoms. The van der Waals surface area contributed by atoms with Gasteiger partial charge >= 0.3 is 6.18 Å². The van der Waals surface area contributed by atoms with Crippen molar-refractivity contribution >= 4 is 17.5 Å². The maximum atomic E-state index is 12.6. The normalized spacial score (nSPS) is 11.7. The van der Waals surface area contributed by atoms with Crippen molar-refractivity contribution < 1.29 is 22.8 Å². The molecule has 0 spiro atoms. The molecule has 11 heteroatoms. The van der Waals surface area contributed by atoms with Gasteiger partial charge in [-0.1, -0.05) is 13.8 Å². The minimum Gasteiger partial charge on any atom is -0.350 e. The summed E-state index contributed by atoms with van der Waals surface area (Å²) in [5, 5.41) is 14.3. The molecule has 0 aromatic carbocycles. The molecule has 2 rings (SSSR count). The molecule has 8 nitrogen and oxygen atoms in total. The van der Waals surface area contributed by atoms with E-state index in [4.69, 9.17) is 0 Å². The summed E-state index contributed by atoms with van der Waals surface area (Å²) in [6, 6.07) is 0.595. The molecule has 0 unspecified atom stereocenters. The molecular formula is C15H19F3N6O2. The van der Waals surface area contributed by atoms with E-state index in [2.05, 4.69) is 20.8 Å². The van der Waals surface area contributed by atoms with Crippen molar-refractivity contribution in [1.29, 1.82) is 0 Å². The van der Waals surface area contributed by atoms with Crippen LogP contribution in [0, 0.1) is 5.92 Å². The Kier molecular flexibility index (Phi) is 5.68. The largest absolute Gasteiger partial charge is 0.432 e. The van der Waals surface area contributed by atoms with Crippen molar-refractivity contribution in [2.75, 3.05) is 11.9 Å². The molecule has 0 bridgehead atoms. The lowest BCUT2D eigenvalue weighted by Gasteiger charge is -2.07. The van der Waals surface area contributed by atoms with Gasteiger partial charge in [-0.15, -0.1) is 0 Å². The Labute approximate surface area is 147 Å². The van der Waals surface area contributed by atoms with Crippen LogP contribution >= 0.6 is 0 Å². The van der Waals surface area contributed by atoms with Crippen molar-refractivity contribution in [3.8, 4) is 0 Å². The highest BCUT2D eigenvalue weighted by atomic mass is 19.4. The lowest BCUT2D eigenvalue weighted by molar-refractivity contribution is -0.141. The van der Waals surface area contributed by atoms with Gasteiger partial charge < -0.3 is 10.6 Å². The van der Waals surface area contributed by atoms with Crippen molar-refractivity contribution in [3.05, 3.63) is 29.3 Å². The summed E-state index contributed by atoms with van der Waals surface area (Å²) >= 11 is 0. The summed E-state index contributed by atoms with van der Waals surface area (Å²) in [5.41, 5.74) is -1.51. The van der Waals surface area contributed by atoms with Crippen LogP contribution in [0.1, 0.15) is 47.4 Å². The summed E-state index contributed by atoms with van der Waals surface area (Å²) < 4.78 is 39.2. The molecule has 0 atom stereocenters. The third kappa shape index (κ3) is 4.61. The number of rotatable bonds is 6. The first-order valence-corrected chi connectivity index (χ1v) is 7.91. The van der Waals surface area contributed by atoms with Gasteiger partial charge in [-0.2, -0.15) is 23.4 Å². The van der Waals surface area contributed by atoms with E-state index in [1.54, 1.807) is 12.0 Å². The van der Waals surface area contributed by atoms with Crippen LogP contribution in [0.3, 0.4) is 0 Å². The average molecular weight is 372 g/mol. The highest BCUT2D eigenvalue weighted by molar-refractivity contribution is 6.07. The van der Waals surface area contributed by atoms with Crippen LogP contribution in [0.4, 0.5) is 18.9 Å². The minimum atomic E-state index is -4.64. The molecular weight excluding hydrogens is 353 g/mol. The maximum absolute atomic E-state index is 12.6. The van der Waals surface area contributed by atoms with Crippen molar-refractivity contribution in [3.63, 3.8) is 0 Å². The Bertz CT molecular complexity index is 794. The van der Waals surface area contributed by atoms with Gasteiger partial charge in [0.25, 0.3) is 11.8 Å². The Morgan fingerprint density at radius 2 is 2.00 bits per heavy atom. The fraction of sp³-hybridized carbons (Fsp3) is 0.467. The summed E-state index contributed by atoms with van der Waals surface area (Å²) in [4.78, 5) is 24.4. The number of carbonyl (C=O) groups excluding carboxylic acids is 2. The first-order chi connectivity index (χ1) is 12.1. The van der Waals surface area contributed by atoms with Crippen LogP contribution in [0.5, 0.6) is 0 Å². The molecule has 142 valence electrons. The number of hydrogen-bond donors (Lipinski definition) is 3. The lowest BCUT2D eigenvalue weighted by Crippen LogP contribution is -2.28. The number of alkyl halides is 3. The Morgan fingerprint density at radius 1 is 1.31 bits per heavy atom. The van der Waals surface area contributed by atoms with E-state index in [1.165, 1.54) is 10.9 Å². The third-order valence-electron chi connectivity index (χ3n) is 3.34. The van der Waals surface area contributed by atoms with Gasteiger partial charge in [0.05, 0.1) is 5.69 Å². The second-order valence-electron chi connectivity index (χ2n) is 5.97. The number of hydrogen-bond acceptors (Lipinski definition) is 4. The molecule has 0 aliphatic rings. The zero-order chi connectivity index (χ0) is 19.5. The topological polar surface area (TPSA) is 105 Å². The van der Waals surface area contributed by atoms with Crippen LogP contribution < -0.4 is 10.6 Å². The van der Waals surface area contributed by atoms with Gasteiger partial charge in [0, 0.05) is 25.4 Å². The average Bonchev–Trinajstić information content (AvgIpc) is 3.19. The van der Waals surface area contributed by atoms with Crippen molar-refractivity contribution in [2.24, 2.45) is 5.92 Å². The van der Waals surface area contributed by atoms with E-state index in [0.717, 1.165) is 0 Å². The SMILES string of the molecule is CCn1cc(NC(=O)c2cc(C(F)(F)F)[nH]n2)c(C(=O)NCC(C)C)n1. The van der Waals surface area contributed by atoms with Crippen LogP contribution in [0.2, 0.25) is 0 Å². The van der Waals surface area contributed by atoms with E-state index in [0.29, 0.717) is 19.2 Å². The molecule has 2 aromatic rings. The smallest absolute Gasteiger partial charge is 0.350 e. The molecule has 0 saturated heterocycles. The van der Waals surface area contributed by atoms with Gasteiger partial charge in [-0.3, -0.25) is 19.4 Å². The predicted molar refractivity (Wildman–Crippen MR) is 86.6 cm³/mol. The highest BCUT2D eigenvalue weighted by Gasteiger charge is 2.34. The number of amides is 2. The first-order valence-electron chi connectivity index (χ1n) is 7.91. The number of nitrogens with zero attached hydrogens (tertiary/aromatic N) is 3. The molecule has 0 aliphatic carbocycles. The molecule has 3 N–H and O–H groups in total. The predicted octanol–water partition coefficient (Wildman–Crippen LogP) is 2.28. The van der Waals surface area contributed by atoms with Crippen molar-refractivity contribution in [1.82, 2.24) is 25.3 Å². The molecule has 2 amide bonds. The zero-order valence-electron chi connectivity index (χ0n) is 14.4. The molecule has 0 fully saturated rings.